The number of hydrogen-bond acceptors (Lipinski definition) is 4. The van der Waals surface area contributed by atoms with Crippen molar-refractivity contribution < 1.29 is 14.3 Å². The van der Waals surface area contributed by atoms with E-state index in [0.717, 1.165) is 18.5 Å². The van der Waals surface area contributed by atoms with Crippen molar-refractivity contribution >= 4 is 11.6 Å². The summed E-state index contributed by atoms with van der Waals surface area (Å²) in [5.74, 6) is 0.276. The molecule has 2 aromatic carbocycles. The number of ether oxygens (including phenoxy) is 2. The van der Waals surface area contributed by atoms with Gasteiger partial charge in [-0.25, -0.2) is 4.98 Å². The van der Waals surface area contributed by atoms with Crippen LogP contribution in [0.5, 0.6) is 5.88 Å². The molecule has 1 atom stereocenters. The van der Waals surface area contributed by atoms with E-state index in [4.69, 9.17) is 9.47 Å². The monoisotopic (exact) mass is 372 g/mol. The predicted molar refractivity (Wildman–Crippen MR) is 107 cm³/mol. The van der Waals surface area contributed by atoms with Crippen LogP contribution in [0.2, 0.25) is 0 Å². The van der Waals surface area contributed by atoms with E-state index in [9.17, 15) is 4.79 Å². The lowest BCUT2D eigenvalue weighted by Crippen LogP contribution is -2.17. The number of benzene rings is 2. The number of carbonyl (C=O) groups excluding carboxylic acids is 1. The molecule has 1 aliphatic carbocycles. The Morgan fingerprint density at radius 3 is 2.86 bits per heavy atom. The van der Waals surface area contributed by atoms with Crippen molar-refractivity contribution in [2.75, 3.05) is 18.5 Å². The van der Waals surface area contributed by atoms with Gasteiger partial charge in [0.2, 0.25) is 5.88 Å². The quantitative estimate of drug-likeness (QED) is 0.587. The number of amides is 1. The zero-order valence-corrected chi connectivity index (χ0v) is 15.4. The number of hydrogen-bond donors (Lipinski definition) is 1. The number of nitrogens with zero attached hydrogens (tertiary/aromatic N) is 1. The minimum absolute atomic E-state index is 0.00385. The molecule has 28 heavy (non-hydrogen) atoms. The number of nitrogens with one attached hydrogen (secondary N) is 1. The second-order valence-electron chi connectivity index (χ2n) is 7.15. The molecule has 0 spiro atoms. The van der Waals surface area contributed by atoms with Crippen molar-refractivity contribution in [3.05, 3.63) is 77.5 Å². The van der Waals surface area contributed by atoms with Crippen LogP contribution in [0.3, 0.4) is 0 Å². The Hall–Kier alpha value is -3.18. The fourth-order valence-corrected chi connectivity index (χ4v) is 3.82. The molecule has 5 nitrogen and oxygen atoms in total. The molecule has 1 N–H and O–H groups in total. The van der Waals surface area contributed by atoms with E-state index in [1.165, 1.54) is 22.3 Å². The summed E-state index contributed by atoms with van der Waals surface area (Å²) in [6.45, 7) is 1.27. The topological polar surface area (TPSA) is 60.5 Å². The molecule has 0 bridgehead atoms. The van der Waals surface area contributed by atoms with Crippen LogP contribution in [-0.2, 0) is 11.2 Å². The van der Waals surface area contributed by atoms with E-state index >= 15 is 0 Å². The molecule has 1 aromatic heterocycles. The van der Waals surface area contributed by atoms with Gasteiger partial charge < -0.3 is 14.8 Å². The van der Waals surface area contributed by atoms with Gasteiger partial charge in [-0.05, 0) is 46.9 Å². The number of carbonyl (C=O) groups is 1. The average Bonchev–Trinajstić information content (AvgIpc) is 3.35. The van der Waals surface area contributed by atoms with Crippen LogP contribution in [0, 0.1) is 0 Å². The molecule has 1 saturated heterocycles. The van der Waals surface area contributed by atoms with Crippen LogP contribution in [0.25, 0.3) is 11.1 Å². The van der Waals surface area contributed by atoms with E-state index in [1.807, 2.05) is 6.07 Å². The third-order valence-corrected chi connectivity index (χ3v) is 5.22. The van der Waals surface area contributed by atoms with Gasteiger partial charge >= 0.3 is 0 Å². The highest BCUT2D eigenvalue weighted by Crippen LogP contribution is 2.37. The maximum atomic E-state index is 12.7. The molecule has 3 aromatic rings. The summed E-state index contributed by atoms with van der Waals surface area (Å²) in [6.07, 6.45) is 3.34. The molecule has 0 radical (unpaired) electrons. The third-order valence-electron chi connectivity index (χ3n) is 5.22. The summed E-state index contributed by atoms with van der Waals surface area (Å²) in [5.41, 5.74) is 6.40. The van der Waals surface area contributed by atoms with Crippen LogP contribution in [-0.4, -0.2) is 30.2 Å². The van der Waals surface area contributed by atoms with Gasteiger partial charge in [0.1, 0.15) is 6.10 Å². The lowest BCUT2D eigenvalue weighted by molar-refractivity contribution is 0.102. The van der Waals surface area contributed by atoms with Gasteiger partial charge in [-0.1, -0.05) is 30.3 Å². The Morgan fingerprint density at radius 2 is 1.96 bits per heavy atom. The summed E-state index contributed by atoms with van der Waals surface area (Å²) in [5, 5.41) is 2.99. The predicted octanol–water partition coefficient (Wildman–Crippen LogP) is 4.07. The van der Waals surface area contributed by atoms with E-state index in [0.29, 0.717) is 24.7 Å². The van der Waals surface area contributed by atoms with E-state index in [-0.39, 0.29) is 12.0 Å². The molecule has 5 heteroatoms. The molecule has 1 aliphatic heterocycles. The SMILES string of the molecule is O=C(Nc1ccc2c(c1)Cc1ccccc1-2)c1ccnc(O[C@@H]2CCOC2)c1. The number of pyridine rings is 1. The number of aromatic nitrogens is 1. The van der Waals surface area contributed by atoms with Gasteiger partial charge in [0.15, 0.2) is 0 Å². The van der Waals surface area contributed by atoms with Crippen LogP contribution in [0.1, 0.15) is 27.9 Å². The first kappa shape index (κ1) is 17.0. The zero-order valence-electron chi connectivity index (χ0n) is 15.4. The second kappa shape index (κ2) is 7.09. The minimum Gasteiger partial charge on any atom is -0.472 e. The Bertz CT molecular complexity index is 1040. The highest BCUT2D eigenvalue weighted by Gasteiger charge is 2.20. The van der Waals surface area contributed by atoms with Crippen molar-refractivity contribution in [3.63, 3.8) is 0 Å². The molecule has 5 rings (SSSR count). The summed E-state index contributed by atoms with van der Waals surface area (Å²) in [6, 6.07) is 17.9. The van der Waals surface area contributed by atoms with Crippen molar-refractivity contribution in [3.8, 4) is 17.0 Å². The van der Waals surface area contributed by atoms with Crippen molar-refractivity contribution in [1.82, 2.24) is 4.98 Å². The summed E-state index contributed by atoms with van der Waals surface area (Å²) >= 11 is 0. The van der Waals surface area contributed by atoms with Gasteiger partial charge in [0, 0.05) is 29.9 Å². The maximum absolute atomic E-state index is 12.7. The van der Waals surface area contributed by atoms with Crippen molar-refractivity contribution in [2.45, 2.75) is 18.9 Å². The largest absolute Gasteiger partial charge is 0.472 e. The fraction of sp³-hybridized carbons (Fsp3) is 0.217. The lowest BCUT2D eigenvalue weighted by atomic mass is 10.1. The van der Waals surface area contributed by atoms with Crippen molar-refractivity contribution in [2.24, 2.45) is 0 Å². The number of anilines is 1. The zero-order chi connectivity index (χ0) is 18.9. The third kappa shape index (κ3) is 3.25. The highest BCUT2D eigenvalue weighted by molar-refractivity contribution is 6.04. The number of rotatable bonds is 4. The molecule has 2 aliphatic rings. The van der Waals surface area contributed by atoms with E-state index in [2.05, 4.69) is 46.7 Å². The normalized spacial score (nSPS) is 17.1. The van der Waals surface area contributed by atoms with Gasteiger partial charge in [-0.15, -0.1) is 0 Å². The van der Waals surface area contributed by atoms with Crippen molar-refractivity contribution in [1.29, 1.82) is 0 Å². The summed E-state index contributed by atoms with van der Waals surface area (Å²) < 4.78 is 11.1. The molecule has 1 amide bonds. The Labute approximate surface area is 163 Å². The first-order chi connectivity index (χ1) is 13.8. The van der Waals surface area contributed by atoms with Gasteiger partial charge in [-0.2, -0.15) is 0 Å². The molecule has 140 valence electrons. The summed E-state index contributed by atoms with van der Waals surface area (Å²) in [4.78, 5) is 16.9. The molecule has 0 unspecified atom stereocenters. The smallest absolute Gasteiger partial charge is 0.255 e. The van der Waals surface area contributed by atoms with E-state index < -0.39 is 0 Å². The first-order valence-corrected chi connectivity index (χ1v) is 9.49. The van der Waals surface area contributed by atoms with Crippen LogP contribution < -0.4 is 10.1 Å². The van der Waals surface area contributed by atoms with Gasteiger partial charge in [-0.3, -0.25) is 4.79 Å². The Balaban J connectivity index is 1.32. The standard InChI is InChI=1S/C23H20N2O3/c26-23(16-7-9-24-22(13-16)28-19-8-10-27-14-19)25-18-5-6-21-17(12-18)11-15-3-1-2-4-20(15)21/h1-7,9,12-13,19H,8,10-11,14H2,(H,25,26)/t19-/m1/s1. The highest BCUT2D eigenvalue weighted by atomic mass is 16.5. The molecular weight excluding hydrogens is 352 g/mol. The Morgan fingerprint density at radius 1 is 1.07 bits per heavy atom. The second-order valence-corrected chi connectivity index (χ2v) is 7.15. The fourth-order valence-electron chi connectivity index (χ4n) is 3.82. The number of fused-ring (bicyclic) bond motifs is 3. The molecule has 2 heterocycles. The molecular formula is C23H20N2O3. The average molecular weight is 372 g/mol. The maximum Gasteiger partial charge on any atom is 0.255 e. The molecule has 0 saturated carbocycles. The molecule has 1 fully saturated rings. The van der Waals surface area contributed by atoms with Crippen LogP contribution in [0.4, 0.5) is 5.69 Å². The van der Waals surface area contributed by atoms with Gasteiger partial charge in [0.05, 0.1) is 13.2 Å². The Kier molecular flexibility index (Phi) is 4.29. The first-order valence-electron chi connectivity index (χ1n) is 9.49. The minimum atomic E-state index is -0.176. The van der Waals surface area contributed by atoms with Crippen LogP contribution in [0.15, 0.2) is 60.8 Å². The lowest BCUT2D eigenvalue weighted by Gasteiger charge is -2.12. The van der Waals surface area contributed by atoms with Crippen LogP contribution >= 0.6 is 0 Å². The van der Waals surface area contributed by atoms with E-state index in [1.54, 1.807) is 18.3 Å². The summed E-state index contributed by atoms with van der Waals surface area (Å²) in [7, 11) is 0. The van der Waals surface area contributed by atoms with Gasteiger partial charge in [0.25, 0.3) is 5.91 Å².